The molecule has 32 heavy (non-hydrogen) atoms. The zero-order valence-electron chi connectivity index (χ0n) is 23.4. The molecule has 1 aliphatic rings. The highest BCUT2D eigenvalue weighted by molar-refractivity contribution is 4.96. The van der Waals surface area contributed by atoms with Gasteiger partial charge in [-0.3, -0.25) is 0 Å². The number of hydrogen-bond acceptors (Lipinski definition) is 2. The van der Waals surface area contributed by atoms with E-state index in [1.165, 1.54) is 81.9 Å². The van der Waals surface area contributed by atoms with Crippen molar-refractivity contribution in [2.45, 2.75) is 138 Å². The Bertz CT molecular complexity index is 555. The van der Waals surface area contributed by atoms with Gasteiger partial charge < -0.3 is 10.6 Å². The molecule has 0 aromatic rings. The van der Waals surface area contributed by atoms with Gasteiger partial charge >= 0.3 is 0 Å². The van der Waals surface area contributed by atoms with E-state index in [4.69, 9.17) is 0 Å². The van der Waals surface area contributed by atoms with Crippen LogP contribution in [0.2, 0.25) is 0 Å². The lowest BCUT2D eigenvalue weighted by atomic mass is 9.70. The average Bonchev–Trinajstić information content (AvgIpc) is 2.67. The lowest BCUT2D eigenvalue weighted by Gasteiger charge is -2.45. The smallest absolute Gasteiger partial charge is 0.0153 e. The summed E-state index contributed by atoms with van der Waals surface area (Å²) in [5.74, 6) is 2.41. The van der Waals surface area contributed by atoms with Gasteiger partial charge in [-0.05, 0) is 144 Å². The predicted molar refractivity (Wildman–Crippen MR) is 145 cm³/mol. The summed E-state index contributed by atoms with van der Waals surface area (Å²) in [5.41, 5.74) is 3.49. The van der Waals surface area contributed by atoms with E-state index in [2.05, 4.69) is 85.1 Å². The highest BCUT2D eigenvalue weighted by Gasteiger charge is 2.37. The molecule has 2 nitrogen and oxygen atoms in total. The van der Waals surface area contributed by atoms with E-state index in [-0.39, 0.29) is 5.54 Å². The Morgan fingerprint density at radius 1 is 0.844 bits per heavy atom. The fraction of sp³-hybridized carbons (Fsp3) is 0.867. The maximum Gasteiger partial charge on any atom is 0.0153 e. The van der Waals surface area contributed by atoms with E-state index in [1.54, 1.807) is 0 Å². The van der Waals surface area contributed by atoms with Crippen LogP contribution >= 0.6 is 0 Å². The molecule has 0 heterocycles. The first-order valence-electron chi connectivity index (χ1n) is 13.7. The summed E-state index contributed by atoms with van der Waals surface area (Å²) in [6.45, 7) is 23.3. The van der Waals surface area contributed by atoms with Crippen molar-refractivity contribution in [3.8, 4) is 0 Å². The van der Waals surface area contributed by atoms with Crippen molar-refractivity contribution in [3.05, 3.63) is 23.3 Å². The molecule has 0 aliphatic heterocycles. The predicted octanol–water partition coefficient (Wildman–Crippen LogP) is 8.44. The molecule has 0 amide bonds. The molecule has 0 aromatic carbocycles. The first-order valence-corrected chi connectivity index (χ1v) is 13.7. The third-order valence-electron chi connectivity index (χ3n) is 7.94. The topological polar surface area (TPSA) is 24.1 Å². The summed E-state index contributed by atoms with van der Waals surface area (Å²) in [6, 6.07) is 0. The van der Waals surface area contributed by atoms with Gasteiger partial charge in [-0.15, -0.1) is 0 Å². The third-order valence-corrected chi connectivity index (χ3v) is 7.94. The fourth-order valence-electron chi connectivity index (χ4n) is 5.16. The van der Waals surface area contributed by atoms with Crippen molar-refractivity contribution in [1.82, 2.24) is 10.6 Å². The van der Waals surface area contributed by atoms with Gasteiger partial charge in [-0.2, -0.15) is 0 Å². The summed E-state index contributed by atoms with van der Waals surface area (Å²) >= 11 is 0. The summed E-state index contributed by atoms with van der Waals surface area (Å²) in [7, 11) is 0. The van der Waals surface area contributed by atoms with Crippen molar-refractivity contribution in [2.75, 3.05) is 13.1 Å². The van der Waals surface area contributed by atoms with Gasteiger partial charge in [0.2, 0.25) is 0 Å². The maximum atomic E-state index is 3.95. The third kappa shape index (κ3) is 12.6. The zero-order valence-corrected chi connectivity index (χ0v) is 23.4. The van der Waals surface area contributed by atoms with E-state index in [1.807, 2.05) is 0 Å². The van der Waals surface area contributed by atoms with Crippen molar-refractivity contribution in [1.29, 1.82) is 0 Å². The van der Waals surface area contributed by atoms with Crippen LogP contribution in [0.4, 0.5) is 0 Å². The van der Waals surface area contributed by atoms with Crippen LogP contribution in [0.3, 0.4) is 0 Å². The first kappa shape index (κ1) is 29.4. The molecule has 2 unspecified atom stereocenters. The van der Waals surface area contributed by atoms with Crippen LogP contribution in [0.15, 0.2) is 23.3 Å². The first-order chi connectivity index (χ1) is 14.9. The number of rotatable bonds is 15. The minimum absolute atomic E-state index is 0.250. The van der Waals surface area contributed by atoms with Crippen molar-refractivity contribution >= 4 is 0 Å². The Kier molecular flexibility index (Phi) is 13.4. The Hall–Kier alpha value is -0.600. The maximum absolute atomic E-state index is 3.95. The zero-order chi connectivity index (χ0) is 24.2. The fourth-order valence-corrected chi connectivity index (χ4v) is 5.16. The minimum atomic E-state index is 0.250. The second-order valence-electron chi connectivity index (χ2n) is 12.4. The van der Waals surface area contributed by atoms with E-state index in [0.717, 1.165) is 24.3 Å². The quantitative estimate of drug-likeness (QED) is 0.247. The van der Waals surface area contributed by atoms with Gasteiger partial charge in [0.25, 0.3) is 0 Å². The van der Waals surface area contributed by atoms with Crippen LogP contribution in [0.25, 0.3) is 0 Å². The van der Waals surface area contributed by atoms with Crippen molar-refractivity contribution in [3.63, 3.8) is 0 Å². The number of nitrogens with one attached hydrogen (secondary N) is 2. The van der Waals surface area contributed by atoms with Crippen LogP contribution < -0.4 is 10.6 Å². The molecule has 0 radical (unpaired) electrons. The summed E-state index contributed by atoms with van der Waals surface area (Å²) < 4.78 is 0. The highest BCUT2D eigenvalue weighted by atomic mass is 15.0. The molecule has 0 saturated heterocycles. The SMILES string of the molecule is CC(C)=CCCC(C)CCNC1(C)CCC(C(C)(C)NCCC(C)CCC=C(C)C)CC1. The van der Waals surface area contributed by atoms with Gasteiger partial charge in [0, 0.05) is 11.1 Å². The lowest BCUT2D eigenvalue weighted by molar-refractivity contribution is 0.134. The highest BCUT2D eigenvalue weighted by Crippen LogP contribution is 2.37. The molecule has 1 aliphatic carbocycles. The van der Waals surface area contributed by atoms with Crippen molar-refractivity contribution < 1.29 is 0 Å². The Balaban J connectivity index is 2.29. The molecule has 2 N–H and O–H groups in total. The number of hydrogen-bond donors (Lipinski definition) is 2. The van der Waals surface area contributed by atoms with E-state index < -0.39 is 0 Å². The van der Waals surface area contributed by atoms with E-state index in [0.29, 0.717) is 5.54 Å². The number of allylic oxidation sites excluding steroid dienone is 4. The average molecular weight is 447 g/mol. The van der Waals surface area contributed by atoms with Gasteiger partial charge in [0.05, 0.1) is 0 Å². The molecule has 0 bridgehead atoms. The molecule has 2 heteroatoms. The van der Waals surface area contributed by atoms with Gasteiger partial charge in [0.1, 0.15) is 0 Å². The molecule has 0 spiro atoms. The van der Waals surface area contributed by atoms with Gasteiger partial charge in [0.15, 0.2) is 0 Å². The molecule has 1 saturated carbocycles. The summed E-state index contributed by atoms with van der Waals surface area (Å²) in [6.07, 6.45) is 17.8. The molecule has 188 valence electrons. The molecule has 1 rings (SSSR count). The molecular formula is C30H58N2. The molecular weight excluding hydrogens is 388 g/mol. The second-order valence-corrected chi connectivity index (χ2v) is 12.4. The minimum Gasteiger partial charge on any atom is -0.312 e. The molecule has 2 atom stereocenters. The molecule has 1 fully saturated rings. The van der Waals surface area contributed by atoms with Gasteiger partial charge in [-0.1, -0.05) is 37.1 Å². The van der Waals surface area contributed by atoms with Crippen LogP contribution in [0.5, 0.6) is 0 Å². The van der Waals surface area contributed by atoms with Crippen LogP contribution in [-0.4, -0.2) is 24.2 Å². The largest absolute Gasteiger partial charge is 0.312 e. The Morgan fingerprint density at radius 3 is 1.78 bits per heavy atom. The monoisotopic (exact) mass is 446 g/mol. The standard InChI is InChI=1S/C30H58N2/c1-24(2)12-10-14-26(5)18-22-31-29(7,8)28-16-20-30(9,21-17-28)32-23-19-27(6)15-11-13-25(3)4/h12-13,26-28,31-32H,10-11,14-23H2,1-9H3. The molecule has 0 aromatic heterocycles. The van der Waals surface area contributed by atoms with Crippen LogP contribution in [0, 0.1) is 17.8 Å². The Morgan fingerprint density at radius 2 is 1.31 bits per heavy atom. The van der Waals surface area contributed by atoms with Crippen molar-refractivity contribution in [2.24, 2.45) is 17.8 Å². The van der Waals surface area contributed by atoms with E-state index >= 15 is 0 Å². The summed E-state index contributed by atoms with van der Waals surface area (Å²) in [4.78, 5) is 0. The van der Waals surface area contributed by atoms with Gasteiger partial charge in [-0.25, -0.2) is 0 Å². The van der Waals surface area contributed by atoms with Crippen LogP contribution in [0.1, 0.15) is 127 Å². The lowest BCUT2D eigenvalue weighted by Crippen LogP contribution is -2.52. The normalized spacial score (nSPS) is 23.5. The van der Waals surface area contributed by atoms with Crippen LogP contribution in [-0.2, 0) is 0 Å². The van der Waals surface area contributed by atoms with E-state index in [9.17, 15) is 0 Å². The Labute approximate surface area is 202 Å². The summed E-state index contributed by atoms with van der Waals surface area (Å²) in [5, 5.41) is 7.88. The second kappa shape index (κ2) is 14.6.